The first-order valence-electron chi connectivity index (χ1n) is 6.53. The SMILES string of the molecule is CN1CCCC1CNS(=O)(=O)c1ccc(CO)cc1F. The van der Waals surface area contributed by atoms with Crippen molar-refractivity contribution in [3.63, 3.8) is 0 Å². The van der Waals surface area contributed by atoms with Gasteiger partial charge in [-0.2, -0.15) is 0 Å². The van der Waals surface area contributed by atoms with Crippen molar-refractivity contribution in [1.82, 2.24) is 9.62 Å². The normalized spacial score (nSPS) is 20.4. The Bertz CT molecular complexity index is 577. The molecule has 0 bridgehead atoms. The second kappa shape index (κ2) is 6.17. The third-order valence-electron chi connectivity index (χ3n) is 3.65. The van der Waals surface area contributed by atoms with Gasteiger partial charge >= 0.3 is 0 Å². The van der Waals surface area contributed by atoms with Gasteiger partial charge in [0.2, 0.25) is 10.0 Å². The van der Waals surface area contributed by atoms with Crippen LogP contribution >= 0.6 is 0 Å². The van der Waals surface area contributed by atoms with Gasteiger partial charge in [-0.05, 0) is 44.1 Å². The minimum absolute atomic E-state index is 0.157. The van der Waals surface area contributed by atoms with Gasteiger partial charge in [-0.25, -0.2) is 17.5 Å². The van der Waals surface area contributed by atoms with E-state index in [0.29, 0.717) is 5.56 Å². The number of benzene rings is 1. The number of nitrogens with zero attached hydrogens (tertiary/aromatic N) is 1. The van der Waals surface area contributed by atoms with Crippen molar-refractivity contribution in [3.8, 4) is 0 Å². The third-order valence-corrected chi connectivity index (χ3v) is 5.11. The first-order chi connectivity index (χ1) is 9.44. The topological polar surface area (TPSA) is 69.6 Å². The van der Waals surface area contributed by atoms with E-state index in [1.165, 1.54) is 12.1 Å². The summed E-state index contributed by atoms with van der Waals surface area (Å²) >= 11 is 0. The fourth-order valence-electron chi connectivity index (χ4n) is 2.38. The lowest BCUT2D eigenvalue weighted by Gasteiger charge is -2.19. The minimum Gasteiger partial charge on any atom is -0.392 e. The molecule has 20 heavy (non-hydrogen) atoms. The van der Waals surface area contributed by atoms with E-state index in [0.717, 1.165) is 25.5 Å². The van der Waals surface area contributed by atoms with Crippen LogP contribution in [0.3, 0.4) is 0 Å². The predicted octanol–water partition coefficient (Wildman–Crippen LogP) is 0.690. The summed E-state index contributed by atoms with van der Waals surface area (Å²) in [6, 6.07) is 3.78. The molecule has 0 radical (unpaired) electrons. The van der Waals surface area contributed by atoms with Crippen LogP contribution in [0.1, 0.15) is 18.4 Å². The van der Waals surface area contributed by atoms with Crippen LogP contribution in [0.4, 0.5) is 4.39 Å². The number of likely N-dealkylation sites (tertiary alicyclic amines) is 1. The van der Waals surface area contributed by atoms with Crippen LogP contribution < -0.4 is 4.72 Å². The van der Waals surface area contributed by atoms with E-state index in [1.54, 1.807) is 0 Å². The summed E-state index contributed by atoms with van der Waals surface area (Å²) in [5, 5.41) is 8.89. The molecule has 1 fully saturated rings. The molecule has 7 heteroatoms. The standard InChI is InChI=1S/C13H19FN2O3S/c1-16-6-2-3-11(16)8-15-20(18,19)13-5-4-10(9-17)7-12(13)14/h4-5,7,11,15,17H,2-3,6,8-9H2,1H3. The average Bonchev–Trinajstić information content (AvgIpc) is 2.81. The molecule has 112 valence electrons. The first-order valence-corrected chi connectivity index (χ1v) is 8.01. The quantitative estimate of drug-likeness (QED) is 0.840. The Morgan fingerprint density at radius 1 is 1.50 bits per heavy atom. The zero-order valence-corrected chi connectivity index (χ0v) is 12.2. The number of aliphatic hydroxyl groups excluding tert-OH is 1. The molecule has 2 N–H and O–H groups in total. The van der Waals surface area contributed by atoms with Crippen LogP contribution in [0.25, 0.3) is 0 Å². The van der Waals surface area contributed by atoms with Crippen LogP contribution in [0, 0.1) is 5.82 Å². The Labute approximate surface area is 118 Å². The molecule has 1 aromatic carbocycles. The van der Waals surface area contributed by atoms with Crippen LogP contribution in [0.5, 0.6) is 0 Å². The maximum absolute atomic E-state index is 13.8. The van der Waals surface area contributed by atoms with E-state index in [4.69, 9.17) is 5.11 Å². The van der Waals surface area contributed by atoms with Gasteiger partial charge in [-0.3, -0.25) is 0 Å². The second-order valence-corrected chi connectivity index (χ2v) is 6.79. The molecule has 1 atom stereocenters. The van der Waals surface area contributed by atoms with Gasteiger partial charge in [-0.1, -0.05) is 6.07 Å². The highest BCUT2D eigenvalue weighted by Crippen LogP contribution is 2.18. The molecule has 1 aliphatic rings. The monoisotopic (exact) mass is 302 g/mol. The maximum atomic E-state index is 13.8. The van der Waals surface area contributed by atoms with E-state index in [9.17, 15) is 12.8 Å². The summed E-state index contributed by atoms with van der Waals surface area (Å²) in [6.45, 7) is 0.906. The number of halogens is 1. The van der Waals surface area contributed by atoms with Crippen LogP contribution in [0.15, 0.2) is 23.1 Å². The number of sulfonamides is 1. The fraction of sp³-hybridized carbons (Fsp3) is 0.538. The Morgan fingerprint density at radius 3 is 2.80 bits per heavy atom. The van der Waals surface area contributed by atoms with Gasteiger partial charge < -0.3 is 10.0 Å². The van der Waals surface area contributed by atoms with Crippen molar-refractivity contribution in [3.05, 3.63) is 29.6 Å². The van der Waals surface area contributed by atoms with Crippen molar-refractivity contribution in [1.29, 1.82) is 0 Å². The largest absolute Gasteiger partial charge is 0.392 e. The van der Waals surface area contributed by atoms with Crippen molar-refractivity contribution in [2.75, 3.05) is 20.1 Å². The third kappa shape index (κ3) is 3.35. The molecule has 1 saturated heterocycles. The molecule has 1 unspecified atom stereocenters. The predicted molar refractivity (Wildman–Crippen MR) is 73.2 cm³/mol. The van der Waals surface area contributed by atoms with Crippen molar-refractivity contribution < 1.29 is 17.9 Å². The maximum Gasteiger partial charge on any atom is 0.243 e. The zero-order valence-electron chi connectivity index (χ0n) is 11.3. The summed E-state index contributed by atoms with van der Waals surface area (Å²) in [4.78, 5) is 1.71. The Morgan fingerprint density at radius 2 is 2.25 bits per heavy atom. The molecule has 0 amide bonds. The summed E-state index contributed by atoms with van der Waals surface area (Å²) in [5.41, 5.74) is 0.344. The van der Waals surface area contributed by atoms with Crippen LogP contribution in [-0.2, 0) is 16.6 Å². The number of aliphatic hydroxyl groups is 1. The lowest BCUT2D eigenvalue weighted by atomic mass is 10.2. The van der Waals surface area contributed by atoms with Gasteiger partial charge in [0.1, 0.15) is 10.7 Å². The highest BCUT2D eigenvalue weighted by Gasteiger charge is 2.25. The fourth-order valence-corrected chi connectivity index (χ4v) is 3.51. The highest BCUT2D eigenvalue weighted by molar-refractivity contribution is 7.89. The lowest BCUT2D eigenvalue weighted by molar-refractivity contribution is 0.281. The molecular weight excluding hydrogens is 283 g/mol. The van der Waals surface area contributed by atoms with Gasteiger partial charge in [0.15, 0.2) is 0 Å². The van der Waals surface area contributed by atoms with Crippen molar-refractivity contribution in [2.45, 2.75) is 30.4 Å². The summed E-state index contributed by atoms with van der Waals surface area (Å²) in [6.07, 6.45) is 1.98. The Hall–Kier alpha value is -1.02. The number of hydrogen-bond acceptors (Lipinski definition) is 4. The van der Waals surface area contributed by atoms with Crippen LogP contribution in [-0.4, -0.2) is 44.6 Å². The molecule has 0 aliphatic carbocycles. The Balaban J connectivity index is 2.10. The molecule has 1 aromatic rings. The number of rotatable bonds is 5. The zero-order chi connectivity index (χ0) is 14.8. The molecule has 0 spiro atoms. The lowest BCUT2D eigenvalue weighted by Crippen LogP contribution is -2.38. The molecule has 2 rings (SSSR count). The van der Waals surface area contributed by atoms with E-state index in [2.05, 4.69) is 9.62 Å². The number of likely N-dealkylation sites (N-methyl/N-ethyl adjacent to an activating group) is 1. The van der Waals surface area contributed by atoms with Gasteiger partial charge in [0.25, 0.3) is 0 Å². The summed E-state index contributed by atoms with van der Waals surface area (Å²) in [7, 11) is -1.91. The van der Waals surface area contributed by atoms with Crippen molar-refractivity contribution in [2.24, 2.45) is 0 Å². The highest BCUT2D eigenvalue weighted by atomic mass is 32.2. The molecule has 0 saturated carbocycles. The number of nitrogens with one attached hydrogen (secondary N) is 1. The van der Waals surface area contributed by atoms with Gasteiger partial charge in [0, 0.05) is 12.6 Å². The van der Waals surface area contributed by atoms with Crippen molar-refractivity contribution >= 4 is 10.0 Å². The van der Waals surface area contributed by atoms with E-state index in [1.807, 2.05) is 7.05 Å². The summed E-state index contributed by atoms with van der Waals surface area (Å²) < 4.78 is 40.4. The van der Waals surface area contributed by atoms with E-state index >= 15 is 0 Å². The smallest absolute Gasteiger partial charge is 0.243 e. The number of hydrogen-bond donors (Lipinski definition) is 2. The van der Waals surface area contributed by atoms with Crippen LogP contribution in [0.2, 0.25) is 0 Å². The first kappa shape index (κ1) is 15.4. The molecule has 1 heterocycles. The molecule has 0 aromatic heterocycles. The molecule has 1 aliphatic heterocycles. The minimum atomic E-state index is -3.86. The second-order valence-electron chi connectivity index (χ2n) is 5.05. The Kier molecular flexibility index (Phi) is 4.74. The average molecular weight is 302 g/mol. The van der Waals surface area contributed by atoms with E-state index in [-0.39, 0.29) is 24.1 Å². The van der Waals surface area contributed by atoms with Gasteiger partial charge in [-0.15, -0.1) is 0 Å². The summed E-state index contributed by atoms with van der Waals surface area (Å²) in [5.74, 6) is -0.844. The van der Waals surface area contributed by atoms with E-state index < -0.39 is 15.8 Å². The molecule has 5 nitrogen and oxygen atoms in total. The molecular formula is C13H19FN2O3S. The van der Waals surface area contributed by atoms with Gasteiger partial charge in [0.05, 0.1) is 6.61 Å².